The van der Waals surface area contributed by atoms with Crippen molar-refractivity contribution in [3.63, 3.8) is 0 Å². The lowest BCUT2D eigenvalue weighted by Crippen LogP contribution is -1.77. The van der Waals surface area contributed by atoms with Crippen LogP contribution in [0.15, 0.2) is 28.2 Å². The monoisotopic (exact) mass is 157 g/mol. The fraction of sp³-hybridized carbons (Fsp3) is 0.286. The van der Waals surface area contributed by atoms with E-state index in [0.29, 0.717) is 0 Å². The van der Waals surface area contributed by atoms with Crippen LogP contribution in [0.1, 0.15) is 6.92 Å². The van der Waals surface area contributed by atoms with Crippen LogP contribution in [0.25, 0.3) is 0 Å². The van der Waals surface area contributed by atoms with Crippen molar-refractivity contribution in [1.82, 2.24) is 0 Å². The zero-order valence-electron chi connectivity index (χ0n) is 6.26. The van der Waals surface area contributed by atoms with E-state index in [1.54, 1.807) is 13.3 Å². The van der Waals surface area contributed by atoms with E-state index in [0.717, 1.165) is 10.5 Å². The SMILES string of the molecule is C=N/C=C(/SOC)C(=C)C. The first-order valence-electron chi connectivity index (χ1n) is 2.75. The molecule has 0 aromatic heterocycles. The van der Waals surface area contributed by atoms with E-state index >= 15 is 0 Å². The van der Waals surface area contributed by atoms with E-state index in [9.17, 15) is 0 Å². The summed E-state index contributed by atoms with van der Waals surface area (Å²) < 4.78 is 4.82. The van der Waals surface area contributed by atoms with Crippen molar-refractivity contribution < 1.29 is 4.18 Å². The molecule has 0 amide bonds. The highest BCUT2D eigenvalue weighted by Crippen LogP contribution is 2.22. The number of hydrogen-bond donors (Lipinski definition) is 0. The minimum atomic E-state index is 0.900. The Balaban J connectivity index is 4.11. The molecule has 3 heteroatoms. The van der Waals surface area contributed by atoms with Gasteiger partial charge in [-0.15, -0.1) is 0 Å². The topological polar surface area (TPSA) is 21.6 Å². The average Bonchev–Trinajstić information content (AvgIpc) is 1.87. The molecule has 0 heterocycles. The van der Waals surface area contributed by atoms with Crippen LogP contribution in [-0.4, -0.2) is 13.8 Å². The summed E-state index contributed by atoms with van der Waals surface area (Å²) in [5.74, 6) is 0. The lowest BCUT2D eigenvalue weighted by atomic mass is 10.3. The Bertz CT molecular complexity index is 163. The third-order valence-electron chi connectivity index (χ3n) is 0.802. The molecule has 0 aromatic carbocycles. The van der Waals surface area contributed by atoms with Gasteiger partial charge in [0.05, 0.1) is 12.0 Å². The quantitative estimate of drug-likeness (QED) is 0.355. The van der Waals surface area contributed by atoms with E-state index < -0.39 is 0 Å². The van der Waals surface area contributed by atoms with Crippen LogP contribution >= 0.6 is 12.0 Å². The Morgan fingerprint density at radius 3 is 2.60 bits per heavy atom. The maximum absolute atomic E-state index is 4.82. The highest BCUT2D eigenvalue weighted by atomic mass is 32.2. The first kappa shape index (κ1) is 9.46. The molecule has 0 atom stereocenters. The van der Waals surface area contributed by atoms with Crippen molar-refractivity contribution in [2.24, 2.45) is 4.99 Å². The number of hydrogen-bond acceptors (Lipinski definition) is 3. The number of nitrogens with zero attached hydrogens (tertiary/aromatic N) is 1. The van der Waals surface area contributed by atoms with Gasteiger partial charge in [0.2, 0.25) is 0 Å². The Hall–Kier alpha value is -0.540. The predicted octanol–water partition coefficient (Wildman–Crippen LogP) is 2.40. The van der Waals surface area contributed by atoms with Crippen LogP contribution in [0.4, 0.5) is 0 Å². The largest absolute Gasteiger partial charge is 0.314 e. The molecule has 0 aliphatic rings. The van der Waals surface area contributed by atoms with Gasteiger partial charge >= 0.3 is 0 Å². The van der Waals surface area contributed by atoms with E-state index in [4.69, 9.17) is 4.18 Å². The average molecular weight is 157 g/mol. The Morgan fingerprint density at radius 1 is 1.70 bits per heavy atom. The standard InChI is InChI=1S/C7H11NOS/c1-6(2)7(5-8-3)10-9-4/h5H,1,3H2,2,4H3/b7-5+. The lowest BCUT2D eigenvalue weighted by Gasteiger charge is -2.00. The number of rotatable bonds is 4. The van der Waals surface area contributed by atoms with E-state index in [1.165, 1.54) is 12.0 Å². The van der Waals surface area contributed by atoms with Crippen molar-refractivity contribution in [3.05, 3.63) is 23.3 Å². The fourth-order valence-electron chi connectivity index (χ4n) is 0.376. The zero-order chi connectivity index (χ0) is 7.98. The second-order valence-electron chi connectivity index (χ2n) is 1.71. The van der Waals surface area contributed by atoms with Gasteiger partial charge in [0.25, 0.3) is 0 Å². The van der Waals surface area contributed by atoms with Gasteiger partial charge in [-0.2, -0.15) is 0 Å². The molecule has 0 saturated heterocycles. The molecule has 0 saturated carbocycles. The third-order valence-corrected chi connectivity index (χ3v) is 1.60. The van der Waals surface area contributed by atoms with Crippen molar-refractivity contribution >= 4 is 18.8 Å². The molecule has 0 bridgehead atoms. The molecule has 0 N–H and O–H groups in total. The molecule has 0 aliphatic heterocycles. The molecule has 0 fully saturated rings. The molecule has 2 nitrogen and oxygen atoms in total. The summed E-state index contributed by atoms with van der Waals surface area (Å²) in [5.41, 5.74) is 0.930. The van der Waals surface area contributed by atoms with E-state index in [2.05, 4.69) is 18.3 Å². The number of aliphatic imine (C=N–C) groups is 1. The molecule has 10 heavy (non-hydrogen) atoms. The van der Waals surface area contributed by atoms with Gasteiger partial charge in [-0.1, -0.05) is 6.58 Å². The van der Waals surface area contributed by atoms with Crippen LogP contribution in [0.2, 0.25) is 0 Å². The maximum atomic E-state index is 4.82. The molecule has 0 spiro atoms. The van der Waals surface area contributed by atoms with Crippen molar-refractivity contribution in [3.8, 4) is 0 Å². The summed E-state index contributed by atoms with van der Waals surface area (Å²) in [5, 5.41) is 0. The minimum absolute atomic E-state index is 0.900. The predicted molar refractivity (Wildman–Crippen MR) is 47.0 cm³/mol. The van der Waals surface area contributed by atoms with Gasteiger partial charge < -0.3 is 4.18 Å². The Kier molecular flexibility index (Phi) is 4.98. The Morgan fingerprint density at radius 2 is 2.30 bits per heavy atom. The summed E-state index contributed by atoms with van der Waals surface area (Å²) >= 11 is 1.24. The molecule has 0 aromatic rings. The van der Waals surface area contributed by atoms with Crippen LogP contribution < -0.4 is 0 Å². The molecule has 0 radical (unpaired) electrons. The second kappa shape index (κ2) is 5.26. The second-order valence-corrected chi connectivity index (χ2v) is 2.65. The molecule has 0 rings (SSSR count). The normalized spacial score (nSPS) is 11.2. The van der Waals surface area contributed by atoms with Gasteiger partial charge in [0, 0.05) is 18.2 Å². The zero-order valence-corrected chi connectivity index (χ0v) is 7.07. The Labute approximate surface area is 65.9 Å². The molecular weight excluding hydrogens is 146 g/mol. The van der Waals surface area contributed by atoms with Crippen LogP contribution in [-0.2, 0) is 4.18 Å². The van der Waals surface area contributed by atoms with Gasteiger partial charge in [-0.05, 0) is 19.2 Å². The summed E-state index contributed by atoms with van der Waals surface area (Å²) in [7, 11) is 1.60. The molecule has 0 unspecified atom stereocenters. The fourth-order valence-corrected chi connectivity index (χ4v) is 0.815. The summed E-state index contributed by atoms with van der Waals surface area (Å²) in [6, 6.07) is 0. The molecular formula is C7H11NOS. The van der Waals surface area contributed by atoms with Crippen molar-refractivity contribution in [2.45, 2.75) is 6.92 Å². The minimum Gasteiger partial charge on any atom is -0.314 e. The van der Waals surface area contributed by atoms with Crippen molar-refractivity contribution in [2.75, 3.05) is 7.11 Å². The highest BCUT2D eigenvalue weighted by molar-refractivity contribution is 7.98. The smallest absolute Gasteiger partial charge is 0.0558 e. The highest BCUT2D eigenvalue weighted by Gasteiger charge is 1.96. The third kappa shape index (κ3) is 3.48. The first-order chi connectivity index (χ1) is 4.72. The lowest BCUT2D eigenvalue weighted by molar-refractivity contribution is 0.493. The maximum Gasteiger partial charge on any atom is 0.0558 e. The molecule has 0 aliphatic carbocycles. The van der Waals surface area contributed by atoms with Gasteiger partial charge in [-0.25, -0.2) is 0 Å². The van der Waals surface area contributed by atoms with Gasteiger partial charge in [-0.3, -0.25) is 4.99 Å². The van der Waals surface area contributed by atoms with E-state index in [1.807, 2.05) is 6.92 Å². The summed E-state index contributed by atoms with van der Waals surface area (Å²) in [6.07, 6.45) is 1.62. The van der Waals surface area contributed by atoms with Gasteiger partial charge in [0.15, 0.2) is 0 Å². The van der Waals surface area contributed by atoms with Crippen molar-refractivity contribution in [1.29, 1.82) is 0 Å². The van der Waals surface area contributed by atoms with Crippen LogP contribution in [0, 0.1) is 0 Å². The first-order valence-corrected chi connectivity index (χ1v) is 3.49. The number of allylic oxidation sites excluding steroid dienone is 1. The summed E-state index contributed by atoms with van der Waals surface area (Å²) in [6.45, 7) is 8.96. The van der Waals surface area contributed by atoms with E-state index in [-0.39, 0.29) is 0 Å². The van der Waals surface area contributed by atoms with Crippen LogP contribution in [0.3, 0.4) is 0 Å². The van der Waals surface area contributed by atoms with Crippen LogP contribution in [0.5, 0.6) is 0 Å². The summed E-state index contributed by atoms with van der Waals surface area (Å²) in [4.78, 5) is 4.50. The van der Waals surface area contributed by atoms with Gasteiger partial charge in [0.1, 0.15) is 0 Å². The molecule has 56 valence electrons.